The molecule has 8 heteroatoms. The van der Waals surface area contributed by atoms with Gasteiger partial charge in [-0.1, -0.05) is 19.3 Å². The predicted octanol–water partition coefficient (Wildman–Crippen LogP) is 0.234. The highest BCUT2D eigenvalue weighted by molar-refractivity contribution is 6.22. The Bertz CT molecular complexity index is 283. The number of amidine groups is 1. The number of rotatable bonds is 2. The summed E-state index contributed by atoms with van der Waals surface area (Å²) in [5, 5.41) is 21.8. The molecule has 1 saturated heterocycles. The summed E-state index contributed by atoms with van der Waals surface area (Å²) in [4.78, 5) is 8.42. The number of nitrogens with one attached hydrogen (secondary N) is 2. The molecule has 8 nitrogen and oxygen atoms in total. The fourth-order valence-corrected chi connectivity index (χ4v) is 0.916. The van der Waals surface area contributed by atoms with Crippen molar-refractivity contribution in [3.05, 3.63) is 10.1 Å². The second-order valence-electron chi connectivity index (χ2n) is 4.24. The Hall–Kier alpha value is -1.38. The lowest BCUT2D eigenvalue weighted by atomic mass is 9.96. The van der Waals surface area contributed by atoms with Gasteiger partial charge in [0, 0.05) is 12.0 Å². The summed E-state index contributed by atoms with van der Waals surface area (Å²) in [7, 11) is 0. The van der Waals surface area contributed by atoms with E-state index in [1.54, 1.807) is 0 Å². The second kappa shape index (κ2) is 7.05. The molecular weight excluding hydrogens is 228 g/mol. The summed E-state index contributed by atoms with van der Waals surface area (Å²) < 4.78 is 10.6. The van der Waals surface area contributed by atoms with Crippen LogP contribution in [0.1, 0.15) is 13.8 Å². The molecule has 0 saturated carbocycles. The molecule has 1 aliphatic rings. The maximum atomic E-state index is 9.36. The molecule has 1 fully saturated rings. The van der Waals surface area contributed by atoms with Crippen LogP contribution < -0.4 is 5.73 Å². The topological polar surface area (TPSA) is 135 Å². The Kier molecular flexibility index (Phi) is 6.47. The van der Waals surface area contributed by atoms with Gasteiger partial charge in [-0.15, -0.1) is 0 Å². The number of nitrogens with zero attached hydrogens (tertiary/aromatic N) is 1. The Balaban J connectivity index is 0.000000325. The van der Waals surface area contributed by atoms with Crippen molar-refractivity contribution in [2.24, 2.45) is 11.1 Å². The zero-order valence-electron chi connectivity index (χ0n) is 9.93. The van der Waals surface area contributed by atoms with Gasteiger partial charge >= 0.3 is 5.84 Å². The molecule has 0 unspecified atom stereocenters. The van der Waals surface area contributed by atoms with Gasteiger partial charge in [-0.2, -0.15) is 0 Å². The van der Waals surface area contributed by atoms with Crippen molar-refractivity contribution in [3.63, 3.8) is 0 Å². The predicted molar refractivity (Wildman–Crippen MR) is 62.0 cm³/mol. The summed E-state index contributed by atoms with van der Waals surface area (Å²) in [6.07, 6.45) is 0.202. The van der Waals surface area contributed by atoms with E-state index in [1.165, 1.54) is 0 Å². The van der Waals surface area contributed by atoms with Gasteiger partial charge in [0.05, 0.1) is 13.2 Å². The number of ether oxygens (including phenoxy) is 2. The van der Waals surface area contributed by atoms with Gasteiger partial charge in [0.15, 0.2) is 6.29 Å². The monoisotopic (exact) mass is 246 g/mol. The highest BCUT2D eigenvalue weighted by Crippen LogP contribution is 2.21. The molecule has 0 aliphatic carbocycles. The van der Waals surface area contributed by atoms with Crippen LogP contribution in [0.4, 0.5) is 0 Å². The van der Waals surface area contributed by atoms with E-state index in [2.05, 4.69) is 13.8 Å². The van der Waals surface area contributed by atoms with Crippen LogP contribution >= 0.6 is 0 Å². The zero-order chi connectivity index (χ0) is 13.5. The molecule has 1 heterocycles. The van der Waals surface area contributed by atoms with Crippen LogP contribution in [0.3, 0.4) is 0 Å². The summed E-state index contributed by atoms with van der Waals surface area (Å²) in [6, 6.07) is 0. The van der Waals surface area contributed by atoms with Crippen LogP contribution in [-0.4, -0.2) is 43.0 Å². The maximum absolute atomic E-state index is 9.36. The Morgan fingerprint density at radius 1 is 1.59 bits per heavy atom. The van der Waals surface area contributed by atoms with Gasteiger partial charge in [-0.05, 0) is 4.92 Å². The first-order chi connectivity index (χ1) is 7.82. The molecule has 0 bridgehead atoms. The minimum Gasteiger partial charge on any atom is -0.358 e. The zero-order valence-corrected chi connectivity index (χ0v) is 9.93. The fourth-order valence-electron chi connectivity index (χ4n) is 0.916. The van der Waals surface area contributed by atoms with Gasteiger partial charge in [-0.25, -0.2) is 0 Å². The third-order valence-electron chi connectivity index (χ3n) is 1.85. The molecule has 0 aromatic heterocycles. The van der Waals surface area contributed by atoms with E-state index in [1.807, 2.05) is 0 Å². The lowest BCUT2D eigenvalue weighted by Crippen LogP contribution is -2.41. The second-order valence-corrected chi connectivity index (χ2v) is 4.24. The van der Waals surface area contributed by atoms with Gasteiger partial charge in [0.2, 0.25) is 0 Å². The summed E-state index contributed by atoms with van der Waals surface area (Å²) in [5.74, 6) is -0.889. The fraction of sp³-hybridized carbons (Fsp3) is 0.778. The van der Waals surface area contributed by atoms with Gasteiger partial charge in [-0.3, -0.25) is 0 Å². The van der Waals surface area contributed by atoms with E-state index >= 15 is 0 Å². The number of hydrogen-bond donors (Lipinski definition) is 3. The van der Waals surface area contributed by atoms with E-state index < -0.39 is 10.8 Å². The van der Waals surface area contributed by atoms with Crippen LogP contribution in [-0.2, 0) is 9.47 Å². The largest absolute Gasteiger partial charge is 0.373 e. The molecule has 4 N–H and O–H groups in total. The van der Waals surface area contributed by atoms with Crippen LogP contribution in [0, 0.1) is 26.3 Å². The molecule has 17 heavy (non-hydrogen) atoms. The normalized spacial score (nSPS) is 18.8. The number of hydrogen-bond acceptors (Lipinski definition) is 7. The van der Waals surface area contributed by atoms with Crippen molar-refractivity contribution in [1.82, 2.24) is 0 Å². The highest BCUT2D eigenvalue weighted by atomic mass is 16.7. The van der Waals surface area contributed by atoms with Crippen LogP contribution in [0.15, 0.2) is 0 Å². The maximum Gasteiger partial charge on any atom is 0.373 e. The van der Waals surface area contributed by atoms with E-state index in [-0.39, 0.29) is 11.7 Å². The minimum absolute atomic E-state index is 0.158. The van der Waals surface area contributed by atoms with E-state index in [0.29, 0.717) is 12.8 Å². The first-order valence-corrected chi connectivity index (χ1v) is 4.99. The van der Waals surface area contributed by atoms with Crippen LogP contribution in [0.5, 0.6) is 0 Å². The van der Waals surface area contributed by atoms with Crippen LogP contribution in [0.25, 0.3) is 0 Å². The van der Waals surface area contributed by atoms with Crippen molar-refractivity contribution < 1.29 is 14.4 Å². The lowest BCUT2D eigenvalue weighted by Gasteiger charge is -2.33. The highest BCUT2D eigenvalue weighted by Gasteiger charge is 2.27. The standard InChI is InChI=1S/C7H15NO2.C2H3N3O2/c1-7(2)4-9-6(3-8)10-5-7;3-1-2(4)5(6)7/h6H,3-5,8H2,1-2H3;1,3-4H. The first kappa shape index (κ1) is 15.6. The molecule has 0 atom stereocenters. The molecule has 1 aliphatic heterocycles. The SMILES string of the molecule is CC1(C)COC(CN)OC1.N=CC(=N)[N+](=O)[O-]. The van der Waals surface area contributed by atoms with Crippen molar-refractivity contribution in [2.45, 2.75) is 20.1 Å². The molecule has 0 aromatic rings. The lowest BCUT2D eigenvalue weighted by molar-refractivity contribution is -0.346. The molecule has 0 radical (unpaired) electrons. The Labute approximate surface area is 99.2 Å². The average Bonchev–Trinajstić information content (AvgIpc) is 2.28. The third-order valence-corrected chi connectivity index (χ3v) is 1.85. The molecule has 0 amide bonds. The number of nitrogens with two attached hydrogens (primary N) is 1. The average molecular weight is 246 g/mol. The van der Waals surface area contributed by atoms with Gasteiger partial charge in [0.25, 0.3) is 0 Å². The van der Waals surface area contributed by atoms with E-state index in [0.717, 1.165) is 13.2 Å². The van der Waals surface area contributed by atoms with Crippen molar-refractivity contribution in [2.75, 3.05) is 19.8 Å². The summed E-state index contributed by atoms with van der Waals surface area (Å²) in [5.41, 5.74) is 5.50. The Morgan fingerprint density at radius 3 is 2.29 bits per heavy atom. The Morgan fingerprint density at radius 2 is 2.06 bits per heavy atom. The van der Waals surface area contributed by atoms with Gasteiger partial charge in [0.1, 0.15) is 6.21 Å². The number of nitro groups is 1. The minimum atomic E-state index is -0.938. The van der Waals surface area contributed by atoms with Gasteiger partial charge < -0.3 is 30.7 Å². The quantitative estimate of drug-likeness (QED) is 0.277. The van der Waals surface area contributed by atoms with Crippen molar-refractivity contribution >= 4 is 12.1 Å². The molecule has 98 valence electrons. The summed E-state index contributed by atoms with van der Waals surface area (Å²) >= 11 is 0. The first-order valence-electron chi connectivity index (χ1n) is 4.99. The molecule has 0 aromatic carbocycles. The molecular formula is C9H18N4O4. The van der Waals surface area contributed by atoms with Crippen molar-refractivity contribution in [3.8, 4) is 0 Å². The van der Waals surface area contributed by atoms with Crippen molar-refractivity contribution in [1.29, 1.82) is 10.8 Å². The van der Waals surface area contributed by atoms with Crippen LogP contribution in [0.2, 0.25) is 0 Å². The van der Waals surface area contributed by atoms with E-state index in [4.69, 9.17) is 26.0 Å². The summed E-state index contributed by atoms with van der Waals surface area (Å²) in [6.45, 7) is 6.17. The molecule has 0 spiro atoms. The molecule has 1 rings (SSSR count). The third kappa shape index (κ3) is 6.72. The van der Waals surface area contributed by atoms with E-state index in [9.17, 15) is 10.1 Å². The smallest absolute Gasteiger partial charge is 0.358 e.